The molecule has 0 fully saturated rings. The van der Waals surface area contributed by atoms with Gasteiger partial charge in [-0.05, 0) is 109 Å². The van der Waals surface area contributed by atoms with Gasteiger partial charge in [-0.15, -0.1) is 0 Å². The van der Waals surface area contributed by atoms with Crippen LogP contribution in [0, 0.1) is 10.8 Å². The summed E-state index contributed by atoms with van der Waals surface area (Å²) >= 11 is 0. The van der Waals surface area contributed by atoms with Crippen LogP contribution in [0.5, 0.6) is 11.5 Å². The van der Waals surface area contributed by atoms with E-state index in [1.165, 1.54) is 0 Å². The number of aromatic hydroxyl groups is 2. The molecule has 4 aliphatic carbocycles. The van der Waals surface area contributed by atoms with Crippen LogP contribution >= 0.6 is 0 Å². The SMILES string of the molecule is CC1(C)CC(=O)C2=C(C1)N(c1ccc(O)cc1)C1=C(C(=O)CCC1)C2c1ccc(C2C3=C(CCCC3=O)N(c3ccc(O)cc3)C3=C2C(=O)CC(C)(C)C3)cc1. The fourth-order valence-corrected chi connectivity index (χ4v) is 10.5. The van der Waals surface area contributed by atoms with Gasteiger partial charge in [0.2, 0.25) is 0 Å². The molecule has 2 atom stereocenters. The summed E-state index contributed by atoms with van der Waals surface area (Å²) < 4.78 is 0. The van der Waals surface area contributed by atoms with E-state index in [0.717, 1.165) is 45.3 Å². The van der Waals surface area contributed by atoms with Crippen LogP contribution in [0.1, 0.15) is 115 Å². The molecule has 9 rings (SSSR count). The van der Waals surface area contributed by atoms with E-state index in [-0.39, 0.29) is 45.5 Å². The number of hydrogen-bond acceptors (Lipinski definition) is 8. The second-order valence-corrected chi connectivity index (χ2v) is 18.1. The van der Waals surface area contributed by atoms with Gasteiger partial charge in [0, 0.05) is 94.0 Å². The molecule has 2 heterocycles. The molecule has 286 valence electrons. The van der Waals surface area contributed by atoms with Gasteiger partial charge >= 0.3 is 0 Å². The van der Waals surface area contributed by atoms with E-state index < -0.39 is 11.8 Å². The largest absolute Gasteiger partial charge is 0.508 e. The Morgan fingerprint density at radius 3 is 1.14 bits per heavy atom. The van der Waals surface area contributed by atoms with Crippen LogP contribution in [-0.2, 0) is 19.2 Å². The minimum absolute atomic E-state index is 0.0356. The summed E-state index contributed by atoms with van der Waals surface area (Å²) in [7, 11) is 0. The first kappa shape index (κ1) is 36.2. The molecule has 0 aromatic heterocycles. The lowest BCUT2D eigenvalue weighted by Crippen LogP contribution is -2.42. The molecule has 0 bridgehead atoms. The van der Waals surface area contributed by atoms with Crippen molar-refractivity contribution in [2.24, 2.45) is 10.8 Å². The van der Waals surface area contributed by atoms with Gasteiger partial charge in [0.15, 0.2) is 23.1 Å². The van der Waals surface area contributed by atoms with E-state index >= 15 is 0 Å². The average molecular weight is 749 g/mol. The Balaban J connectivity index is 1.21. The number of phenolic OH excluding ortho intramolecular Hbond substituents is 2. The molecule has 0 saturated carbocycles. The van der Waals surface area contributed by atoms with E-state index in [9.17, 15) is 29.4 Å². The van der Waals surface area contributed by atoms with Crippen LogP contribution in [0.4, 0.5) is 11.4 Å². The highest BCUT2D eigenvalue weighted by Gasteiger charge is 2.49. The molecule has 56 heavy (non-hydrogen) atoms. The maximum absolute atomic E-state index is 14.4. The first-order valence-electron chi connectivity index (χ1n) is 20.0. The van der Waals surface area contributed by atoms with Gasteiger partial charge in [0.05, 0.1) is 0 Å². The molecule has 8 nitrogen and oxygen atoms in total. The highest BCUT2D eigenvalue weighted by molar-refractivity contribution is 6.09. The van der Waals surface area contributed by atoms with Gasteiger partial charge in [-0.3, -0.25) is 19.2 Å². The van der Waals surface area contributed by atoms with Crippen molar-refractivity contribution in [2.75, 3.05) is 9.80 Å². The van der Waals surface area contributed by atoms with Crippen LogP contribution in [0.15, 0.2) is 118 Å². The normalized spacial score (nSPS) is 24.6. The molecular formula is C48H48N2O6. The van der Waals surface area contributed by atoms with E-state index in [0.29, 0.717) is 86.5 Å². The number of allylic oxidation sites excluding steroid dienone is 8. The van der Waals surface area contributed by atoms with Crippen LogP contribution < -0.4 is 9.80 Å². The third kappa shape index (κ3) is 5.87. The van der Waals surface area contributed by atoms with Gasteiger partial charge in [-0.1, -0.05) is 52.0 Å². The molecule has 3 aromatic carbocycles. The van der Waals surface area contributed by atoms with Crippen molar-refractivity contribution in [3.63, 3.8) is 0 Å². The predicted octanol–water partition coefficient (Wildman–Crippen LogP) is 9.61. The number of anilines is 2. The van der Waals surface area contributed by atoms with Crippen molar-refractivity contribution in [1.29, 1.82) is 0 Å². The second kappa shape index (κ2) is 13.0. The zero-order valence-electron chi connectivity index (χ0n) is 32.6. The van der Waals surface area contributed by atoms with Crippen LogP contribution in [0.25, 0.3) is 0 Å². The van der Waals surface area contributed by atoms with Crippen molar-refractivity contribution >= 4 is 34.5 Å². The maximum atomic E-state index is 14.4. The number of carbonyl (C=O) groups is 4. The lowest BCUT2D eigenvalue weighted by molar-refractivity contribution is -0.120. The summed E-state index contributed by atoms with van der Waals surface area (Å²) in [6, 6.07) is 22.0. The lowest BCUT2D eigenvalue weighted by Gasteiger charge is -2.47. The van der Waals surface area contributed by atoms with Crippen molar-refractivity contribution in [2.45, 2.75) is 104 Å². The summed E-state index contributed by atoms with van der Waals surface area (Å²) in [5.74, 6) is -0.608. The number of rotatable bonds is 4. The first-order valence-corrected chi connectivity index (χ1v) is 20.0. The zero-order chi connectivity index (χ0) is 39.3. The molecule has 0 amide bonds. The van der Waals surface area contributed by atoms with E-state index in [1.54, 1.807) is 24.3 Å². The number of phenols is 2. The smallest absolute Gasteiger partial charge is 0.162 e. The molecule has 0 saturated heterocycles. The van der Waals surface area contributed by atoms with Crippen molar-refractivity contribution in [3.05, 3.63) is 129 Å². The van der Waals surface area contributed by atoms with Crippen molar-refractivity contribution in [3.8, 4) is 11.5 Å². The molecule has 0 radical (unpaired) electrons. The third-order valence-electron chi connectivity index (χ3n) is 12.7. The Morgan fingerprint density at radius 1 is 0.446 bits per heavy atom. The average Bonchev–Trinajstić information content (AvgIpc) is 3.14. The van der Waals surface area contributed by atoms with E-state index in [4.69, 9.17) is 0 Å². The number of benzene rings is 3. The Kier molecular flexibility index (Phi) is 8.42. The Bertz CT molecular complexity index is 2190. The number of hydrogen-bond donors (Lipinski definition) is 2. The van der Waals surface area contributed by atoms with Crippen LogP contribution in [-0.4, -0.2) is 33.3 Å². The Labute approximate surface area is 327 Å². The molecular weight excluding hydrogens is 701 g/mol. The highest BCUT2D eigenvalue weighted by Crippen LogP contribution is 2.56. The van der Waals surface area contributed by atoms with E-state index in [2.05, 4.69) is 37.5 Å². The molecule has 8 heteroatoms. The van der Waals surface area contributed by atoms with Crippen molar-refractivity contribution in [1.82, 2.24) is 0 Å². The standard InChI is InChI=1S/C48H48N2O6/c1-47(2)23-35-45(39(55)25-47)41(43-33(7-5-9-37(43)53)49(35)29-15-19-31(51)20-16-29)27-11-13-28(14-12-27)42-44-34(8-6-10-38(44)54)50(30-17-21-32(52)22-18-30)36-24-48(3,4)26-40(56)46(36)42/h11-22,41-42,51-52H,5-10,23-26H2,1-4H3. The van der Waals surface area contributed by atoms with Gasteiger partial charge in [-0.25, -0.2) is 0 Å². The Hall–Kier alpha value is -5.50. The molecule has 2 unspecified atom stereocenters. The third-order valence-corrected chi connectivity index (χ3v) is 12.7. The first-order chi connectivity index (χ1) is 26.7. The number of nitrogens with zero attached hydrogens (tertiary/aromatic N) is 2. The molecule has 6 aliphatic rings. The number of ketones is 4. The highest BCUT2D eigenvalue weighted by atomic mass is 16.3. The van der Waals surface area contributed by atoms with Crippen LogP contribution in [0.3, 0.4) is 0 Å². The molecule has 3 aromatic rings. The monoisotopic (exact) mass is 748 g/mol. The Morgan fingerprint density at radius 2 is 0.786 bits per heavy atom. The summed E-state index contributed by atoms with van der Waals surface area (Å²) in [4.78, 5) is 61.3. The number of carbonyl (C=O) groups excluding carboxylic acids is 4. The second-order valence-electron chi connectivity index (χ2n) is 18.1. The van der Waals surface area contributed by atoms with Gasteiger partial charge in [0.1, 0.15) is 11.5 Å². The minimum Gasteiger partial charge on any atom is -0.508 e. The summed E-state index contributed by atoms with van der Waals surface area (Å²) in [5, 5.41) is 20.3. The fraction of sp³-hybridized carbons (Fsp3) is 0.375. The predicted molar refractivity (Wildman–Crippen MR) is 215 cm³/mol. The molecule has 0 spiro atoms. The quantitative estimate of drug-likeness (QED) is 0.271. The maximum Gasteiger partial charge on any atom is 0.162 e. The molecule has 2 aliphatic heterocycles. The van der Waals surface area contributed by atoms with Gasteiger partial charge < -0.3 is 20.0 Å². The topological polar surface area (TPSA) is 115 Å². The zero-order valence-corrected chi connectivity index (χ0v) is 32.6. The summed E-state index contributed by atoms with van der Waals surface area (Å²) in [6.07, 6.45) is 5.68. The lowest BCUT2D eigenvalue weighted by atomic mass is 9.65. The molecule has 2 N–H and O–H groups in total. The van der Waals surface area contributed by atoms with Gasteiger partial charge in [0.25, 0.3) is 0 Å². The fourth-order valence-electron chi connectivity index (χ4n) is 10.5. The summed E-state index contributed by atoms with van der Waals surface area (Å²) in [6.45, 7) is 8.45. The number of Topliss-reactive ketones (excluding diaryl/α,β-unsaturated/α-hetero) is 4. The summed E-state index contributed by atoms with van der Waals surface area (Å²) in [5.41, 5.74) is 9.06. The van der Waals surface area contributed by atoms with Crippen molar-refractivity contribution < 1.29 is 29.4 Å². The minimum atomic E-state index is -0.534. The van der Waals surface area contributed by atoms with Gasteiger partial charge in [-0.2, -0.15) is 0 Å². The van der Waals surface area contributed by atoms with E-state index in [1.807, 2.05) is 48.5 Å². The van der Waals surface area contributed by atoms with Crippen LogP contribution in [0.2, 0.25) is 0 Å².